The molecule has 168 valence electrons. The fraction of sp³-hybridized carbons (Fsp3) is 0.292. The van der Waals surface area contributed by atoms with Crippen LogP contribution < -0.4 is 10.8 Å². The van der Waals surface area contributed by atoms with Crippen LogP contribution in [0.5, 0.6) is 0 Å². The molecule has 0 aliphatic carbocycles. The quantitative estimate of drug-likeness (QED) is 0.304. The average molecular weight is 452 g/mol. The zero-order chi connectivity index (χ0) is 22.8. The lowest BCUT2D eigenvalue weighted by molar-refractivity contribution is -0.136. The maximum atomic E-state index is 12.5. The Kier molecular flexibility index (Phi) is 6.19. The van der Waals surface area contributed by atoms with Crippen molar-refractivity contribution in [1.29, 1.82) is 0 Å². The molecular formula is C24H29N5O2S. The highest BCUT2D eigenvalue weighted by atomic mass is 32.2. The molecule has 0 bridgehead atoms. The fourth-order valence-electron chi connectivity index (χ4n) is 4.15. The molecule has 1 aliphatic heterocycles. The molecule has 1 amide bonds. The molecule has 2 aromatic carbocycles. The van der Waals surface area contributed by atoms with Gasteiger partial charge in [0.15, 0.2) is 0 Å². The minimum Gasteiger partial charge on any atom is -0.299 e. The van der Waals surface area contributed by atoms with Gasteiger partial charge in [0.1, 0.15) is 5.54 Å². The van der Waals surface area contributed by atoms with Crippen LogP contribution in [0.3, 0.4) is 0 Å². The lowest BCUT2D eigenvalue weighted by Gasteiger charge is -2.39. The number of rotatable bonds is 6. The first-order chi connectivity index (χ1) is 15.3. The summed E-state index contributed by atoms with van der Waals surface area (Å²) in [6.07, 6.45) is 4.55. The molecule has 8 heteroatoms. The van der Waals surface area contributed by atoms with Gasteiger partial charge in [-0.25, -0.2) is 14.7 Å². The zero-order valence-electron chi connectivity index (χ0n) is 18.3. The minimum absolute atomic E-state index is 0.382. The van der Waals surface area contributed by atoms with E-state index >= 15 is 0 Å². The molecular weight excluding hydrogens is 422 g/mol. The smallest absolute Gasteiger partial charge is 0.263 e. The van der Waals surface area contributed by atoms with Crippen LogP contribution in [0.4, 0.5) is 0 Å². The van der Waals surface area contributed by atoms with Crippen LogP contribution >= 0.6 is 9.21 Å². The molecule has 7 nitrogen and oxygen atoms in total. The molecule has 0 atom stereocenters. The van der Waals surface area contributed by atoms with Crippen molar-refractivity contribution in [3.05, 3.63) is 66.0 Å². The number of nitrogens with zero attached hydrogens (tertiary/aromatic N) is 3. The van der Waals surface area contributed by atoms with Crippen LogP contribution in [0.15, 0.2) is 54.9 Å². The minimum atomic E-state index is -1.15. The fourth-order valence-corrected chi connectivity index (χ4v) is 5.92. The molecule has 0 radical (unpaired) electrons. The molecule has 0 saturated carbocycles. The Bertz CT molecular complexity index is 1190. The highest BCUT2D eigenvalue weighted by molar-refractivity contribution is 8.27. The molecule has 3 aromatic rings. The van der Waals surface area contributed by atoms with Crippen molar-refractivity contribution in [2.45, 2.75) is 31.8 Å². The van der Waals surface area contributed by atoms with E-state index in [4.69, 9.17) is 0 Å². The predicted octanol–water partition coefficient (Wildman–Crippen LogP) is 3.04. The van der Waals surface area contributed by atoms with Crippen molar-refractivity contribution in [2.75, 3.05) is 11.5 Å². The maximum Gasteiger partial charge on any atom is 0.263 e. The Balaban J connectivity index is 1.49. The summed E-state index contributed by atoms with van der Waals surface area (Å²) in [6.45, 7) is 2.62. The summed E-state index contributed by atoms with van der Waals surface area (Å²) in [4.78, 5) is 14.1. The second-order valence-electron chi connectivity index (χ2n) is 8.52. The first kappa shape index (κ1) is 22.3. The number of amides is 1. The van der Waals surface area contributed by atoms with Gasteiger partial charge in [-0.3, -0.25) is 15.3 Å². The van der Waals surface area contributed by atoms with E-state index < -0.39 is 14.7 Å². The van der Waals surface area contributed by atoms with E-state index in [0.717, 1.165) is 39.4 Å². The average Bonchev–Trinajstić information content (AvgIpc) is 3.33. The Morgan fingerprint density at radius 2 is 1.78 bits per heavy atom. The summed E-state index contributed by atoms with van der Waals surface area (Å²) in [6, 6.07) is 14.4. The van der Waals surface area contributed by atoms with Crippen LogP contribution in [0.1, 0.15) is 24.0 Å². The van der Waals surface area contributed by atoms with Gasteiger partial charge in [0.2, 0.25) is 0 Å². The van der Waals surface area contributed by atoms with Crippen LogP contribution in [-0.2, 0) is 11.3 Å². The van der Waals surface area contributed by atoms with Gasteiger partial charge in [-0.1, -0.05) is 42.1 Å². The highest BCUT2D eigenvalue weighted by Crippen LogP contribution is 2.35. The SMILES string of the molecule is C=S1(=C)CCC(NCc2ccc(-c3ccc(-n4nccn4)cc3)c(C)c2)(C(=O)NO)CC1. The third-order valence-electron chi connectivity index (χ3n) is 6.21. The molecule has 1 fully saturated rings. The number of aryl methyl sites for hydroxylation is 1. The van der Waals surface area contributed by atoms with Crippen LogP contribution in [-0.4, -0.2) is 54.9 Å². The second-order valence-corrected chi connectivity index (χ2v) is 11.8. The first-order valence-corrected chi connectivity index (χ1v) is 12.8. The Morgan fingerprint density at radius 1 is 1.12 bits per heavy atom. The number of hydrogen-bond donors (Lipinski definition) is 3. The van der Waals surface area contributed by atoms with Gasteiger partial charge < -0.3 is 0 Å². The lowest BCUT2D eigenvalue weighted by Crippen LogP contribution is -2.58. The second kappa shape index (κ2) is 8.90. The van der Waals surface area contributed by atoms with E-state index in [1.54, 1.807) is 17.2 Å². The summed E-state index contributed by atoms with van der Waals surface area (Å²) in [7, 11) is -1.15. The van der Waals surface area contributed by atoms with Crippen molar-refractivity contribution in [3.8, 4) is 16.8 Å². The number of aromatic nitrogens is 3. The van der Waals surface area contributed by atoms with E-state index in [1.807, 2.05) is 17.6 Å². The Hall–Kier alpha value is -2.94. The summed E-state index contributed by atoms with van der Waals surface area (Å²) in [5, 5.41) is 21.0. The van der Waals surface area contributed by atoms with Gasteiger partial charge in [0, 0.05) is 6.54 Å². The lowest BCUT2D eigenvalue weighted by atomic mass is 9.90. The van der Waals surface area contributed by atoms with E-state index in [2.05, 4.69) is 64.5 Å². The van der Waals surface area contributed by atoms with Crippen molar-refractivity contribution in [3.63, 3.8) is 0 Å². The number of carbonyl (C=O) groups is 1. The number of hydroxylamine groups is 1. The molecule has 32 heavy (non-hydrogen) atoms. The molecule has 1 aliphatic rings. The molecule has 0 unspecified atom stereocenters. The standard InChI is InChI=1S/C24H29N5O2S/c1-18-16-19(17-25-24(23(30)28-31)10-14-32(2,3)15-11-24)4-9-22(18)20-5-7-21(8-6-20)29-26-12-13-27-29/h4-9,12-13,16,25,31H,2-3,10-11,14-15,17H2,1H3,(H,28,30). The largest absolute Gasteiger partial charge is 0.299 e. The van der Waals surface area contributed by atoms with Crippen LogP contribution in [0.2, 0.25) is 0 Å². The summed E-state index contributed by atoms with van der Waals surface area (Å²) >= 11 is 0. The van der Waals surface area contributed by atoms with Gasteiger partial charge in [0.05, 0.1) is 18.1 Å². The van der Waals surface area contributed by atoms with Gasteiger partial charge >= 0.3 is 0 Å². The summed E-state index contributed by atoms with van der Waals surface area (Å²) in [5.74, 6) is 9.64. The van der Waals surface area contributed by atoms with E-state index in [-0.39, 0.29) is 5.91 Å². The van der Waals surface area contributed by atoms with Gasteiger partial charge in [-0.15, -0.1) is 0 Å². The molecule has 0 spiro atoms. The third kappa shape index (κ3) is 4.62. The van der Waals surface area contributed by atoms with Gasteiger partial charge in [-0.2, -0.15) is 15.0 Å². The molecule has 1 saturated heterocycles. The number of carbonyl (C=O) groups excluding carboxylic acids is 1. The van der Waals surface area contributed by atoms with E-state index in [1.165, 1.54) is 0 Å². The highest BCUT2D eigenvalue weighted by Gasteiger charge is 2.40. The van der Waals surface area contributed by atoms with Gasteiger partial charge in [-0.05, 0) is 65.7 Å². The Morgan fingerprint density at radius 3 is 2.38 bits per heavy atom. The van der Waals surface area contributed by atoms with Crippen molar-refractivity contribution in [2.24, 2.45) is 0 Å². The van der Waals surface area contributed by atoms with E-state index in [0.29, 0.717) is 19.4 Å². The van der Waals surface area contributed by atoms with Crippen LogP contribution in [0.25, 0.3) is 16.8 Å². The molecule has 1 aromatic heterocycles. The van der Waals surface area contributed by atoms with Crippen molar-refractivity contribution in [1.82, 2.24) is 25.8 Å². The van der Waals surface area contributed by atoms with Crippen molar-refractivity contribution < 1.29 is 10.0 Å². The number of benzene rings is 2. The summed E-state index contributed by atoms with van der Waals surface area (Å²) < 4.78 is 0. The maximum absolute atomic E-state index is 12.5. The van der Waals surface area contributed by atoms with Crippen molar-refractivity contribution >= 4 is 26.9 Å². The predicted molar refractivity (Wildman–Crippen MR) is 132 cm³/mol. The normalized spacial score (nSPS) is 17.1. The first-order valence-electron chi connectivity index (χ1n) is 10.5. The molecule has 3 N–H and O–H groups in total. The number of nitrogens with one attached hydrogen (secondary N) is 2. The van der Waals surface area contributed by atoms with Crippen LogP contribution in [0, 0.1) is 6.92 Å². The topological polar surface area (TPSA) is 92.1 Å². The third-order valence-corrected chi connectivity index (χ3v) is 8.35. The molecule has 4 rings (SSSR count). The monoisotopic (exact) mass is 451 g/mol. The zero-order valence-corrected chi connectivity index (χ0v) is 19.1. The molecule has 2 heterocycles. The number of hydrogen-bond acceptors (Lipinski definition) is 5. The Labute approximate surface area is 188 Å². The van der Waals surface area contributed by atoms with Gasteiger partial charge in [0.25, 0.3) is 5.91 Å². The van der Waals surface area contributed by atoms with E-state index in [9.17, 15) is 10.0 Å². The summed E-state index contributed by atoms with van der Waals surface area (Å²) in [5.41, 5.74) is 6.48.